The van der Waals surface area contributed by atoms with Crippen LogP contribution in [0.3, 0.4) is 0 Å². The highest BCUT2D eigenvalue weighted by Gasteiger charge is 2.10. The van der Waals surface area contributed by atoms with Gasteiger partial charge in [0.05, 0.1) is 6.54 Å². The molecule has 1 aromatic rings. The van der Waals surface area contributed by atoms with Crippen molar-refractivity contribution in [1.29, 1.82) is 0 Å². The molecule has 2 N–H and O–H groups in total. The van der Waals surface area contributed by atoms with E-state index in [4.69, 9.17) is 5.73 Å². The third kappa shape index (κ3) is 4.52. The van der Waals surface area contributed by atoms with Gasteiger partial charge in [0.2, 0.25) is 0 Å². The van der Waals surface area contributed by atoms with Crippen molar-refractivity contribution in [3.8, 4) is 0 Å². The monoisotopic (exact) mass is 243 g/mol. The second-order valence-electron chi connectivity index (χ2n) is 4.76. The van der Waals surface area contributed by atoms with Crippen LogP contribution in [0.15, 0.2) is 21.2 Å². The van der Waals surface area contributed by atoms with Crippen LogP contribution in [0, 0.1) is 6.92 Å². The van der Waals surface area contributed by atoms with Gasteiger partial charge in [0.15, 0.2) is 5.82 Å². The first-order valence-corrected chi connectivity index (χ1v) is 5.46. The number of hydrogen-bond acceptors (Lipinski definition) is 4. The highest BCUT2D eigenvalue weighted by molar-refractivity contribution is 4.95. The molecule has 0 aliphatic rings. The molecule has 0 aliphatic heterocycles. The van der Waals surface area contributed by atoms with E-state index in [0.29, 0.717) is 18.7 Å². The largest absolute Gasteiger partial charge is 0.441 e. The van der Waals surface area contributed by atoms with Crippen LogP contribution in [0.4, 0.5) is 4.39 Å². The molecule has 5 nitrogen and oxygen atoms in total. The van der Waals surface area contributed by atoms with E-state index in [0.717, 1.165) is 4.57 Å². The lowest BCUT2D eigenvalue weighted by atomic mass is 10.00. The summed E-state index contributed by atoms with van der Waals surface area (Å²) in [6.45, 7) is 5.21. The van der Waals surface area contributed by atoms with Crippen molar-refractivity contribution in [2.75, 3.05) is 0 Å². The summed E-state index contributed by atoms with van der Waals surface area (Å²) in [5.41, 5.74) is 5.46. The van der Waals surface area contributed by atoms with Crippen LogP contribution < -0.4 is 11.5 Å². The lowest BCUT2D eigenvalue weighted by Gasteiger charge is -2.16. The van der Waals surface area contributed by atoms with Crippen molar-refractivity contribution in [3.63, 3.8) is 0 Å². The summed E-state index contributed by atoms with van der Waals surface area (Å²) in [5.74, 6) is -0.675. The van der Waals surface area contributed by atoms with Crippen molar-refractivity contribution >= 4 is 0 Å². The van der Waals surface area contributed by atoms with Gasteiger partial charge in [0.25, 0.3) is 0 Å². The Bertz CT molecular complexity index is 454. The maximum Gasteiger partial charge on any atom is 0.441 e. The van der Waals surface area contributed by atoms with Crippen LogP contribution >= 0.6 is 0 Å². The maximum absolute atomic E-state index is 13.5. The number of halogens is 1. The summed E-state index contributed by atoms with van der Waals surface area (Å²) in [6.07, 6.45) is 2.65. The Hall–Kier alpha value is -1.43. The van der Waals surface area contributed by atoms with E-state index in [1.165, 1.54) is 6.08 Å². The minimum absolute atomic E-state index is 0.140. The van der Waals surface area contributed by atoms with E-state index >= 15 is 0 Å². The molecule has 0 aliphatic carbocycles. The van der Waals surface area contributed by atoms with Crippen LogP contribution in [-0.4, -0.2) is 15.3 Å². The number of allylic oxidation sites excluding steroid dienone is 2. The van der Waals surface area contributed by atoms with Crippen molar-refractivity contribution in [2.24, 2.45) is 5.73 Å². The molecule has 0 atom stereocenters. The molecule has 0 aromatic carbocycles. The van der Waals surface area contributed by atoms with E-state index in [9.17, 15) is 9.18 Å². The molecular formula is C11H18FN3O2. The molecule has 0 amide bonds. The third-order valence-corrected chi connectivity index (χ3v) is 2.33. The molecule has 1 rings (SSSR count). The molecule has 0 saturated carbocycles. The molecule has 0 spiro atoms. The lowest BCUT2D eigenvalue weighted by molar-refractivity contribution is 0.373. The number of aromatic nitrogens is 2. The van der Waals surface area contributed by atoms with Crippen LogP contribution in [0.2, 0.25) is 0 Å². The molecule has 0 bridgehead atoms. The van der Waals surface area contributed by atoms with Gasteiger partial charge in [-0.15, -0.1) is 0 Å². The van der Waals surface area contributed by atoms with Gasteiger partial charge in [-0.3, -0.25) is 9.09 Å². The molecule has 0 fully saturated rings. The minimum Gasteiger partial charge on any atom is -0.326 e. The van der Waals surface area contributed by atoms with Crippen molar-refractivity contribution in [1.82, 2.24) is 9.72 Å². The van der Waals surface area contributed by atoms with Gasteiger partial charge < -0.3 is 5.73 Å². The fourth-order valence-electron chi connectivity index (χ4n) is 1.33. The number of nitrogens with two attached hydrogens (primary N) is 1. The van der Waals surface area contributed by atoms with Gasteiger partial charge in [-0.2, -0.15) is 0 Å². The Morgan fingerprint density at radius 2 is 2.29 bits per heavy atom. The first-order chi connectivity index (χ1) is 7.79. The van der Waals surface area contributed by atoms with Crippen LogP contribution in [-0.2, 0) is 6.54 Å². The average Bonchev–Trinajstić information content (AvgIpc) is 2.47. The van der Waals surface area contributed by atoms with Crippen molar-refractivity contribution in [2.45, 2.75) is 45.7 Å². The molecule has 0 radical (unpaired) electrons. The second kappa shape index (κ2) is 5.27. The normalized spacial score (nSPS) is 13.1. The Kier molecular flexibility index (Phi) is 4.22. The Morgan fingerprint density at radius 1 is 1.65 bits per heavy atom. The lowest BCUT2D eigenvalue weighted by Crippen LogP contribution is -2.31. The molecule has 0 unspecified atom stereocenters. The zero-order valence-electron chi connectivity index (χ0n) is 10.4. The van der Waals surface area contributed by atoms with E-state index in [-0.39, 0.29) is 17.9 Å². The summed E-state index contributed by atoms with van der Waals surface area (Å²) in [7, 11) is 0. The first kappa shape index (κ1) is 13.6. The summed E-state index contributed by atoms with van der Waals surface area (Å²) < 4.78 is 19.0. The number of rotatable bonds is 5. The van der Waals surface area contributed by atoms with Gasteiger partial charge in [-0.1, -0.05) is 11.2 Å². The van der Waals surface area contributed by atoms with Crippen LogP contribution in [0.1, 0.15) is 32.5 Å². The van der Waals surface area contributed by atoms with Gasteiger partial charge >= 0.3 is 5.76 Å². The summed E-state index contributed by atoms with van der Waals surface area (Å²) in [4.78, 5) is 11.1. The Labute approximate surface area is 99.1 Å². The molecule has 1 heterocycles. The fraction of sp³-hybridized carbons (Fsp3) is 0.636. The van der Waals surface area contributed by atoms with Gasteiger partial charge in [-0.05, 0) is 33.6 Å². The van der Waals surface area contributed by atoms with E-state index < -0.39 is 5.76 Å². The van der Waals surface area contributed by atoms with Crippen molar-refractivity contribution < 1.29 is 8.91 Å². The highest BCUT2D eigenvalue weighted by atomic mass is 19.1. The Morgan fingerprint density at radius 3 is 2.76 bits per heavy atom. The SMILES string of the molecule is Cc1noc(=O)n1CC(F)=CCCC(C)(C)N. The van der Waals surface area contributed by atoms with Gasteiger partial charge in [0, 0.05) is 5.54 Å². The van der Waals surface area contributed by atoms with E-state index in [1.54, 1.807) is 6.92 Å². The zero-order valence-corrected chi connectivity index (χ0v) is 10.4. The number of nitrogens with zero attached hydrogens (tertiary/aromatic N) is 2. The summed E-state index contributed by atoms with van der Waals surface area (Å²) >= 11 is 0. The van der Waals surface area contributed by atoms with E-state index in [1.807, 2.05) is 13.8 Å². The standard InChI is InChI=1S/C11H18FN3O2/c1-8-14-17-10(16)15(8)7-9(12)5-4-6-11(2,3)13/h5H,4,6-7,13H2,1-3H3. The van der Waals surface area contributed by atoms with Crippen LogP contribution in [0.5, 0.6) is 0 Å². The quantitative estimate of drug-likeness (QED) is 0.850. The maximum atomic E-state index is 13.5. The predicted molar refractivity (Wildman–Crippen MR) is 62.2 cm³/mol. The summed E-state index contributed by atoms with van der Waals surface area (Å²) in [6, 6.07) is 0. The molecule has 0 saturated heterocycles. The minimum atomic E-state index is -0.648. The average molecular weight is 243 g/mol. The predicted octanol–water partition coefficient (Wildman–Crippen LogP) is 1.52. The third-order valence-electron chi connectivity index (χ3n) is 2.33. The summed E-state index contributed by atoms with van der Waals surface area (Å²) in [5, 5.41) is 3.45. The Balaban J connectivity index is 2.58. The van der Waals surface area contributed by atoms with Gasteiger partial charge in [-0.25, -0.2) is 9.18 Å². The fourth-order valence-corrected chi connectivity index (χ4v) is 1.33. The number of hydrogen-bond donors (Lipinski definition) is 1. The molecule has 6 heteroatoms. The van der Waals surface area contributed by atoms with Crippen LogP contribution in [0.25, 0.3) is 0 Å². The molecule has 1 aromatic heterocycles. The topological polar surface area (TPSA) is 74.0 Å². The van der Waals surface area contributed by atoms with Gasteiger partial charge in [0.1, 0.15) is 5.83 Å². The number of aryl methyl sites for hydroxylation is 1. The molecule has 17 heavy (non-hydrogen) atoms. The highest BCUT2D eigenvalue weighted by Crippen LogP contribution is 2.10. The zero-order chi connectivity index (χ0) is 13.1. The van der Waals surface area contributed by atoms with E-state index in [2.05, 4.69) is 9.68 Å². The molecular weight excluding hydrogens is 225 g/mol. The molecule has 96 valence electrons. The second-order valence-corrected chi connectivity index (χ2v) is 4.76. The first-order valence-electron chi connectivity index (χ1n) is 5.46. The van der Waals surface area contributed by atoms with Crippen molar-refractivity contribution in [3.05, 3.63) is 28.3 Å². The smallest absolute Gasteiger partial charge is 0.326 e.